The van der Waals surface area contributed by atoms with Crippen molar-refractivity contribution < 1.29 is 18.6 Å². The van der Waals surface area contributed by atoms with Gasteiger partial charge in [-0.15, -0.1) is 0 Å². The van der Waals surface area contributed by atoms with Crippen LogP contribution in [0.25, 0.3) is 0 Å². The maximum Gasteiger partial charge on any atom is 0.256 e. The summed E-state index contributed by atoms with van der Waals surface area (Å²) in [6.45, 7) is 0. The Morgan fingerprint density at radius 1 is 1.31 bits per heavy atom. The standard InChI is InChI=1S/C3H7NOS.CH3NOS.H2O2S/c1-4(2)3(5)6;2-1(3)4;1-3-2/h1-2H3,(H,5,6);(H3,2,3,4);3H2. The lowest BCUT2D eigenvalue weighted by molar-refractivity contribution is 0.442. The van der Waals surface area contributed by atoms with Crippen LogP contribution < -0.4 is 5.73 Å². The van der Waals surface area contributed by atoms with E-state index in [1.165, 1.54) is 4.90 Å². The maximum atomic E-state index is 8.40. The van der Waals surface area contributed by atoms with Crippen LogP contribution in [0.15, 0.2) is 0 Å². The highest BCUT2D eigenvalue weighted by molar-refractivity contribution is 7.80. The molecule has 6 nitrogen and oxygen atoms in total. The first kappa shape index (κ1) is 18.2. The molecule has 0 aromatic rings. The van der Waals surface area contributed by atoms with Gasteiger partial charge in [-0.05, 0) is 24.4 Å². The molecular formula is C4H12N2O4S3. The SMILES string of the molecule is CN(C)C(O)=S.NC(O)=S.O=[SH2]=O. The van der Waals surface area contributed by atoms with Crippen molar-refractivity contribution in [2.24, 2.45) is 5.73 Å². The van der Waals surface area contributed by atoms with Gasteiger partial charge in [-0.25, -0.2) is 8.42 Å². The number of aliphatic hydroxyl groups is 2. The molecule has 80 valence electrons. The van der Waals surface area contributed by atoms with Gasteiger partial charge in [0.1, 0.15) is 11.6 Å². The Balaban J connectivity index is -0.000000125. The van der Waals surface area contributed by atoms with Gasteiger partial charge in [0.05, 0.1) is 0 Å². The van der Waals surface area contributed by atoms with E-state index in [0.717, 1.165) is 0 Å². The second kappa shape index (κ2) is 13.9. The van der Waals surface area contributed by atoms with Crippen LogP contribution in [0.2, 0.25) is 0 Å². The van der Waals surface area contributed by atoms with Crippen molar-refractivity contribution >= 4 is 46.4 Å². The molecular weight excluding hydrogens is 236 g/mol. The predicted molar refractivity (Wildman–Crippen MR) is 60.0 cm³/mol. The Labute approximate surface area is 89.9 Å². The summed E-state index contributed by atoms with van der Waals surface area (Å²) in [4.78, 5) is 1.45. The zero-order chi connectivity index (χ0) is 11.4. The molecule has 9 heteroatoms. The number of nitrogens with zero attached hydrogens (tertiary/aromatic N) is 1. The minimum absolute atomic E-state index is 0.0741. The first-order valence-electron chi connectivity index (χ1n) is 2.67. The normalized spacial score (nSPS) is 6.62. The van der Waals surface area contributed by atoms with Crippen molar-refractivity contribution in [3.8, 4) is 0 Å². The average molecular weight is 248 g/mol. The molecule has 0 amide bonds. The Bertz CT molecular complexity index is 186. The molecule has 0 atom stereocenters. The number of nitrogens with two attached hydrogens (primary N) is 1. The molecule has 0 saturated heterocycles. The van der Waals surface area contributed by atoms with Crippen molar-refractivity contribution in [2.75, 3.05) is 14.1 Å². The largest absolute Gasteiger partial charge is 0.487 e. The fourth-order valence-corrected chi connectivity index (χ4v) is 0. The topological polar surface area (TPSA) is 104 Å². The molecule has 0 radical (unpaired) electrons. The fraction of sp³-hybridized carbons (Fsp3) is 0.500. The molecule has 0 aliphatic rings. The molecule has 0 saturated carbocycles. The lowest BCUT2D eigenvalue weighted by Gasteiger charge is -2.03. The van der Waals surface area contributed by atoms with Gasteiger partial charge in [-0.3, -0.25) is 0 Å². The van der Waals surface area contributed by atoms with Crippen LogP contribution in [0.4, 0.5) is 0 Å². The van der Waals surface area contributed by atoms with Gasteiger partial charge in [0.2, 0.25) is 0 Å². The van der Waals surface area contributed by atoms with E-state index >= 15 is 0 Å². The summed E-state index contributed by atoms with van der Waals surface area (Å²) in [5.74, 6) is 0. The van der Waals surface area contributed by atoms with E-state index in [2.05, 4.69) is 30.2 Å². The molecule has 0 rings (SSSR count). The minimum Gasteiger partial charge on any atom is -0.487 e. The lowest BCUT2D eigenvalue weighted by Crippen LogP contribution is -2.17. The number of thiocarbonyl (C=S) groups is 2. The van der Waals surface area contributed by atoms with E-state index in [4.69, 9.17) is 18.6 Å². The van der Waals surface area contributed by atoms with Crippen molar-refractivity contribution in [3.63, 3.8) is 0 Å². The molecule has 0 unspecified atom stereocenters. The quantitative estimate of drug-likeness (QED) is 0.468. The molecule has 0 bridgehead atoms. The third kappa shape index (κ3) is 88.9. The van der Waals surface area contributed by atoms with Crippen LogP contribution in [-0.4, -0.2) is 48.0 Å². The predicted octanol–water partition coefficient (Wildman–Crippen LogP) is -1.03. The second-order valence-electron chi connectivity index (χ2n) is 1.60. The zero-order valence-corrected chi connectivity index (χ0v) is 9.68. The molecule has 0 spiro atoms. The summed E-state index contributed by atoms with van der Waals surface area (Å²) in [6, 6.07) is 0. The summed E-state index contributed by atoms with van der Waals surface area (Å²) >= 11 is 6.75. The van der Waals surface area contributed by atoms with Crippen LogP contribution in [0.5, 0.6) is 0 Å². The van der Waals surface area contributed by atoms with E-state index < -0.39 is 16.7 Å². The average Bonchev–Trinajstić information content (AvgIpc) is 1.87. The number of hydrogen-bond donors (Lipinski definition) is 3. The highest BCUT2D eigenvalue weighted by Crippen LogP contribution is 1.71. The maximum absolute atomic E-state index is 8.40. The first-order chi connectivity index (χ1) is 5.79. The number of aliphatic hydroxyl groups excluding tert-OH is 2. The Kier molecular flexibility index (Phi) is 19.4. The first-order valence-corrected chi connectivity index (χ1v) is 4.30. The Hall–Kier alpha value is -0.670. The highest BCUT2D eigenvalue weighted by atomic mass is 32.1. The second-order valence-corrected chi connectivity index (χ2v) is 2.55. The van der Waals surface area contributed by atoms with Crippen LogP contribution in [0.3, 0.4) is 0 Å². The van der Waals surface area contributed by atoms with Crippen LogP contribution in [-0.2, 0) is 11.6 Å². The van der Waals surface area contributed by atoms with Crippen molar-refractivity contribution in [2.45, 2.75) is 0 Å². The highest BCUT2D eigenvalue weighted by Gasteiger charge is 1.86. The zero-order valence-electron chi connectivity index (χ0n) is 7.05. The Morgan fingerprint density at radius 3 is 1.38 bits per heavy atom. The smallest absolute Gasteiger partial charge is 0.256 e. The third-order valence-electron chi connectivity index (χ3n) is 0.383. The van der Waals surface area contributed by atoms with Crippen LogP contribution in [0.1, 0.15) is 0 Å². The summed E-state index contributed by atoms with van der Waals surface area (Å²) in [6.07, 6.45) is 0. The summed E-state index contributed by atoms with van der Waals surface area (Å²) < 4.78 is 16.8. The molecule has 4 N–H and O–H groups in total. The molecule has 0 aliphatic heterocycles. The fourth-order valence-electron chi connectivity index (χ4n) is 0. The summed E-state index contributed by atoms with van der Waals surface area (Å²) in [7, 11) is 3.37. The molecule has 0 aromatic carbocycles. The summed E-state index contributed by atoms with van der Waals surface area (Å²) in [5.41, 5.74) is 4.40. The minimum atomic E-state index is -1.42. The van der Waals surface area contributed by atoms with Gasteiger partial charge < -0.3 is 20.8 Å². The van der Waals surface area contributed by atoms with E-state index in [9.17, 15) is 0 Å². The van der Waals surface area contributed by atoms with E-state index in [0.29, 0.717) is 0 Å². The van der Waals surface area contributed by atoms with Crippen LogP contribution >= 0.6 is 24.4 Å². The number of rotatable bonds is 0. The Morgan fingerprint density at radius 2 is 1.38 bits per heavy atom. The molecule has 0 aliphatic carbocycles. The van der Waals surface area contributed by atoms with Gasteiger partial charge in [-0.2, -0.15) is 0 Å². The number of hydrogen-bond acceptors (Lipinski definition) is 4. The van der Waals surface area contributed by atoms with Gasteiger partial charge in [-0.1, -0.05) is 0 Å². The van der Waals surface area contributed by atoms with Crippen LogP contribution in [0, 0.1) is 0 Å². The molecule has 0 heterocycles. The van der Waals surface area contributed by atoms with Crippen molar-refractivity contribution in [1.29, 1.82) is 0 Å². The van der Waals surface area contributed by atoms with E-state index in [1.54, 1.807) is 14.1 Å². The molecule has 0 fully saturated rings. The van der Waals surface area contributed by atoms with Gasteiger partial charge in [0.25, 0.3) is 10.3 Å². The van der Waals surface area contributed by atoms with Gasteiger partial charge >= 0.3 is 0 Å². The monoisotopic (exact) mass is 248 g/mol. The molecule has 13 heavy (non-hydrogen) atoms. The third-order valence-corrected chi connectivity index (χ3v) is 0.748. The van der Waals surface area contributed by atoms with Gasteiger partial charge in [0, 0.05) is 14.1 Å². The summed E-state index contributed by atoms with van der Waals surface area (Å²) in [5, 5.41) is 15.3. The van der Waals surface area contributed by atoms with E-state index in [1.807, 2.05) is 0 Å². The van der Waals surface area contributed by atoms with Crippen molar-refractivity contribution in [1.82, 2.24) is 4.90 Å². The van der Waals surface area contributed by atoms with E-state index in [-0.39, 0.29) is 5.17 Å². The van der Waals surface area contributed by atoms with Crippen molar-refractivity contribution in [3.05, 3.63) is 0 Å². The lowest BCUT2D eigenvalue weighted by atomic mass is 10.9. The van der Waals surface area contributed by atoms with Gasteiger partial charge in [0.15, 0.2) is 0 Å². The molecule has 0 aromatic heterocycles.